The van der Waals surface area contributed by atoms with Gasteiger partial charge in [0.1, 0.15) is 0 Å². The Kier molecular flexibility index (Phi) is 1.70. The van der Waals surface area contributed by atoms with Crippen molar-refractivity contribution >= 4 is 11.6 Å². The van der Waals surface area contributed by atoms with Crippen LogP contribution < -0.4 is 10.6 Å². The number of carbonyl (C=O) groups is 1. The number of benzene rings is 1. The molecule has 0 saturated carbocycles. The molecule has 1 aromatic rings. The third kappa shape index (κ3) is 1.13. The zero-order chi connectivity index (χ0) is 8.39. The summed E-state index contributed by atoms with van der Waals surface area (Å²) in [6.45, 7) is 1.48. The molecule has 0 radical (unpaired) electrons. The summed E-state index contributed by atoms with van der Waals surface area (Å²) in [5.74, 6) is 0.00981. The van der Waals surface area contributed by atoms with Crippen molar-refractivity contribution in [3.05, 3.63) is 29.8 Å². The van der Waals surface area contributed by atoms with Crippen LogP contribution in [0.15, 0.2) is 24.3 Å². The summed E-state index contributed by atoms with van der Waals surface area (Å²) in [5, 5.41) is 5.97. The van der Waals surface area contributed by atoms with E-state index in [1.54, 1.807) is 0 Å². The van der Waals surface area contributed by atoms with Crippen LogP contribution in [0.1, 0.15) is 13.2 Å². The number of para-hydroxylation sites is 1. The number of rotatable bonds is 0. The summed E-state index contributed by atoms with van der Waals surface area (Å²) in [4.78, 5) is 11.4. The Morgan fingerprint density at radius 3 is 2.83 bits per heavy atom. The lowest BCUT2D eigenvalue weighted by Gasteiger charge is -2.03. The van der Waals surface area contributed by atoms with E-state index in [-0.39, 0.29) is 8.76 Å². The van der Waals surface area contributed by atoms with E-state index in [1.807, 2.05) is 24.3 Å². The Hall–Kier alpha value is -1.51. The second-order valence-electron chi connectivity index (χ2n) is 2.73. The van der Waals surface area contributed by atoms with E-state index in [0.717, 1.165) is 17.8 Å². The highest BCUT2D eigenvalue weighted by atomic mass is 16.1. The summed E-state index contributed by atoms with van der Waals surface area (Å²) in [7, 11) is 0. The van der Waals surface area contributed by atoms with Gasteiger partial charge < -0.3 is 10.6 Å². The summed E-state index contributed by atoms with van der Waals surface area (Å²) < 4.78 is 0. The maximum absolute atomic E-state index is 11.4. The summed E-state index contributed by atoms with van der Waals surface area (Å²) in [6.07, 6.45) is 0. The first-order chi connectivity index (χ1) is 5.88. The molecule has 0 atom stereocenters. The molecule has 0 fully saturated rings. The van der Waals surface area contributed by atoms with E-state index in [0.29, 0.717) is 6.54 Å². The standard InChI is InChI=1S/C9H10N2O.2H2/c12-9-7-3-1-2-4-8(7)10-5-6-11-9;;/h1-4,10H,5-6H2,(H,11,12);2*1H. The van der Waals surface area contributed by atoms with Crippen LogP contribution in [0.4, 0.5) is 5.69 Å². The fourth-order valence-corrected chi connectivity index (χ4v) is 1.30. The van der Waals surface area contributed by atoms with Gasteiger partial charge in [0.2, 0.25) is 0 Å². The van der Waals surface area contributed by atoms with E-state index in [4.69, 9.17) is 0 Å². The number of hydrogen-bond donors (Lipinski definition) is 2. The van der Waals surface area contributed by atoms with Crippen LogP contribution in [0.25, 0.3) is 0 Å². The Morgan fingerprint density at radius 1 is 1.17 bits per heavy atom. The van der Waals surface area contributed by atoms with E-state index in [9.17, 15) is 4.79 Å². The van der Waals surface area contributed by atoms with Gasteiger partial charge >= 0.3 is 0 Å². The Morgan fingerprint density at radius 2 is 1.92 bits per heavy atom. The predicted octanol–water partition coefficient (Wildman–Crippen LogP) is 1.33. The van der Waals surface area contributed by atoms with Gasteiger partial charge in [-0.25, -0.2) is 0 Å². The molecular weight excluding hydrogens is 152 g/mol. The normalized spacial score (nSPS) is 15.5. The zero-order valence-electron chi connectivity index (χ0n) is 6.63. The fraction of sp³-hybridized carbons (Fsp3) is 0.222. The van der Waals surface area contributed by atoms with E-state index in [2.05, 4.69) is 10.6 Å². The highest BCUT2D eigenvalue weighted by Gasteiger charge is 2.12. The van der Waals surface area contributed by atoms with E-state index in [1.165, 1.54) is 0 Å². The Balaban J connectivity index is 0.000000845. The first-order valence-corrected chi connectivity index (χ1v) is 3.99. The van der Waals surface area contributed by atoms with Gasteiger partial charge in [-0.15, -0.1) is 0 Å². The minimum absolute atomic E-state index is 0. The molecule has 3 nitrogen and oxygen atoms in total. The molecule has 2 rings (SSSR count). The molecule has 0 spiro atoms. The Bertz CT molecular complexity index is 317. The van der Waals surface area contributed by atoms with Gasteiger partial charge in [-0.3, -0.25) is 4.79 Å². The molecule has 66 valence electrons. The lowest BCUT2D eigenvalue weighted by Crippen LogP contribution is -2.24. The van der Waals surface area contributed by atoms with Gasteiger partial charge in [0.15, 0.2) is 0 Å². The fourth-order valence-electron chi connectivity index (χ4n) is 1.30. The van der Waals surface area contributed by atoms with Crippen LogP contribution in [0.2, 0.25) is 0 Å². The first kappa shape index (κ1) is 7.16. The number of anilines is 1. The van der Waals surface area contributed by atoms with Crippen LogP contribution in [-0.4, -0.2) is 19.0 Å². The minimum Gasteiger partial charge on any atom is -0.383 e. The highest BCUT2D eigenvalue weighted by molar-refractivity contribution is 6.00. The average molecular weight is 166 g/mol. The molecule has 2 N–H and O–H groups in total. The Labute approximate surface area is 73.8 Å². The topological polar surface area (TPSA) is 41.1 Å². The van der Waals surface area contributed by atoms with Crippen molar-refractivity contribution in [1.82, 2.24) is 5.32 Å². The van der Waals surface area contributed by atoms with Crippen LogP contribution >= 0.6 is 0 Å². The van der Waals surface area contributed by atoms with Gasteiger partial charge in [-0.2, -0.15) is 0 Å². The molecule has 3 heteroatoms. The molecule has 1 aliphatic rings. The summed E-state index contributed by atoms with van der Waals surface area (Å²) in [5.41, 5.74) is 1.66. The van der Waals surface area contributed by atoms with Gasteiger partial charge in [-0.1, -0.05) is 12.1 Å². The van der Waals surface area contributed by atoms with Crippen LogP contribution in [-0.2, 0) is 0 Å². The maximum Gasteiger partial charge on any atom is 0.253 e. The monoisotopic (exact) mass is 166 g/mol. The van der Waals surface area contributed by atoms with Gasteiger partial charge in [0, 0.05) is 21.6 Å². The summed E-state index contributed by atoms with van der Waals surface area (Å²) >= 11 is 0. The number of nitrogens with one attached hydrogen (secondary N) is 2. The SMILES string of the molecule is O=C1NCCNc2ccccc21.[HH].[HH]. The predicted molar refractivity (Wildman–Crippen MR) is 51.5 cm³/mol. The van der Waals surface area contributed by atoms with Crippen molar-refractivity contribution in [2.24, 2.45) is 0 Å². The highest BCUT2D eigenvalue weighted by Crippen LogP contribution is 2.15. The van der Waals surface area contributed by atoms with Crippen molar-refractivity contribution < 1.29 is 7.65 Å². The first-order valence-electron chi connectivity index (χ1n) is 3.99. The third-order valence-electron chi connectivity index (χ3n) is 1.90. The molecule has 0 aromatic heterocycles. The van der Waals surface area contributed by atoms with E-state index >= 15 is 0 Å². The van der Waals surface area contributed by atoms with E-state index < -0.39 is 0 Å². The quantitative estimate of drug-likeness (QED) is 0.610. The smallest absolute Gasteiger partial charge is 0.253 e. The second-order valence-corrected chi connectivity index (χ2v) is 2.73. The summed E-state index contributed by atoms with van der Waals surface area (Å²) in [6, 6.07) is 7.53. The number of amides is 1. The molecule has 0 saturated heterocycles. The lowest BCUT2D eigenvalue weighted by atomic mass is 10.2. The molecule has 1 amide bonds. The molecule has 12 heavy (non-hydrogen) atoms. The molecule has 1 aliphatic heterocycles. The molecule has 1 heterocycles. The minimum atomic E-state index is 0. The van der Waals surface area contributed by atoms with Crippen molar-refractivity contribution in [3.63, 3.8) is 0 Å². The second kappa shape index (κ2) is 2.85. The molecule has 1 aromatic carbocycles. The molecule has 0 aliphatic carbocycles. The lowest BCUT2D eigenvalue weighted by molar-refractivity contribution is 0.0958. The third-order valence-corrected chi connectivity index (χ3v) is 1.90. The molecule has 0 unspecified atom stereocenters. The zero-order valence-corrected chi connectivity index (χ0v) is 6.63. The number of hydrogen-bond acceptors (Lipinski definition) is 2. The van der Waals surface area contributed by atoms with Crippen molar-refractivity contribution in [1.29, 1.82) is 0 Å². The largest absolute Gasteiger partial charge is 0.383 e. The van der Waals surface area contributed by atoms with Crippen molar-refractivity contribution in [2.45, 2.75) is 0 Å². The maximum atomic E-state index is 11.4. The van der Waals surface area contributed by atoms with Crippen LogP contribution in [0.5, 0.6) is 0 Å². The van der Waals surface area contributed by atoms with Crippen LogP contribution in [0.3, 0.4) is 0 Å². The van der Waals surface area contributed by atoms with Crippen molar-refractivity contribution in [2.75, 3.05) is 18.4 Å². The van der Waals surface area contributed by atoms with Crippen molar-refractivity contribution in [3.8, 4) is 0 Å². The van der Waals surface area contributed by atoms with Gasteiger partial charge in [0.05, 0.1) is 5.56 Å². The van der Waals surface area contributed by atoms with Crippen LogP contribution in [0, 0.1) is 0 Å². The molecule has 0 bridgehead atoms. The molecular formula is C9H14N2O. The van der Waals surface area contributed by atoms with Gasteiger partial charge in [0.25, 0.3) is 5.91 Å². The number of fused-ring (bicyclic) bond motifs is 1. The van der Waals surface area contributed by atoms with Gasteiger partial charge in [-0.05, 0) is 12.1 Å². The number of carbonyl (C=O) groups excluding carboxylic acids is 1. The average Bonchev–Trinajstić information content (AvgIpc) is 2.29.